The molecule has 1 N–H and O–H groups in total. The first-order chi connectivity index (χ1) is 11.0. The molecule has 1 aromatic rings. The molecule has 1 aliphatic carbocycles. The molecule has 2 amide bonds. The number of carboxylic acid groups (broad SMARTS) is 1. The maximum atomic E-state index is 12.2. The molecular weight excluding hydrogens is 296 g/mol. The molecule has 3 rings (SSSR count). The van der Waals surface area contributed by atoms with Crippen molar-refractivity contribution in [1.82, 2.24) is 4.90 Å². The molecule has 122 valence electrons. The summed E-state index contributed by atoms with van der Waals surface area (Å²) in [5.41, 5.74) is 1.61. The first-order valence-corrected chi connectivity index (χ1v) is 7.82. The van der Waals surface area contributed by atoms with E-state index in [1.54, 1.807) is 13.1 Å². The van der Waals surface area contributed by atoms with Crippen LogP contribution in [0.25, 0.3) is 0 Å². The molecule has 2 aliphatic rings. The van der Waals surface area contributed by atoms with E-state index in [0.717, 1.165) is 18.4 Å². The second-order valence-corrected chi connectivity index (χ2v) is 6.37. The van der Waals surface area contributed by atoms with E-state index in [0.29, 0.717) is 11.6 Å². The lowest BCUT2D eigenvalue weighted by Crippen LogP contribution is -2.52. The predicted molar refractivity (Wildman–Crippen MR) is 84.1 cm³/mol. The van der Waals surface area contributed by atoms with Gasteiger partial charge in [-0.3, -0.25) is 14.4 Å². The molecule has 1 saturated heterocycles. The van der Waals surface area contributed by atoms with Crippen LogP contribution in [-0.4, -0.2) is 47.9 Å². The van der Waals surface area contributed by atoms with Crippen LogP contribution in [0.2, 0.25) is 0 Å². The molecule has 6 nitrogen and oxygen atoms in total. The molecule has 1 atom stereocenters. The summed E-state index contributed by atoms with van der Waals surface area (Å²) in [5.74, 6) is -0.639. The van der Waals surface area contributed by atoms with E-state index in [-0.39, 0.29) is 37.2 Å². The molecule has 0 aromatic heterocycles. The first-order valence-electron chi connectivity index (χ1n) is 7.82. The van der Waals surface area contributed by atoms with Gasteiger partial charge in [-0.2, -0.15) is 0 Å². The minimum atomic E-state index is -0.807. The van der Waals surface area contributed by atoms with Crippen molar-refractivity contribution in [2.24, 2.45) is 5.92 Å². The molecule has 1 aliphatic heterocycles. The Bertz CT molecular complexity index is 654. The number of nitrogens with zero attached hydrogens (tertiary/aromatic N) is 2. The van der Waals surface area contributed by atoms with Crippen LogP contribution >= 0.6 is 0 Å². The van der Waals surface area contributed by atoms with Gasteiger partial charge in [0.2, 0.25) is 11.8 Å². The number of hydrogen-bond donors (Lipinski definition) is 1. The summed E-state index contributed by atoms with van der Waals surface area (Å²) >= 11 is 0. The Morgan fingerprint density at radius 3 is 2.65 bits per heavy atom. The Labute approximate surface area is 134 Å². The SMILES string of the molecule is CN1CC(=O)N(c2cccc(C(CC(=O)O)C3CC3)c2)CC1=O. The van der Waals surface area contributed by atoms with E-state index in [1.807, 2.05) is 18.2 Å². The minimum Gasteiger partial charge on any atom is -0.481 e. The molecule has 23 heavy (non-hydrogen) atoms. The lowest BCUT2D eigenvalue weighted by molar-refractivity contribution is -0.137. The Hall–Kier alpha value is -2.37. The van der Waals surface area contributed by atoms with Crippen molar-refractivity contribution in [1.29, 1.82) is 0 Å². The van der Waals surface area contributed by atoms with Gasteiger partial charge in [-0.15, -0.1) is 0 Å². The second-order valence-electron chi connectivity index (χ2n) is 6.37. The van der Waals surface area contributed by atoms with Gasteiger partial charge in [-0.1, -0.05) is 12.1 Å². The van der Waals surface area contributed by atoms with Crippen molar-refractivity contribution in [2.45, 2.75) is 25.2 Å². The van der Waals surface area contributed by atoms with Crippen molar-refractivity contribution < 1.29 is 19.5 Å². The maximum Gasteiger partial charge on any atom is 0.303 e. The number of amides is 2. The highest BCUT2D eigenvalue weighted by Crippen LogP contribution is 2.45. The van der Waals surface area contributed by atoms with Crippen LogP contribution in [0.5, 0.6) is 0 Å². The summed E-state index contributed by atoms with van der Waals surface area (Å²) in [7, 11) is 1.62. The zero-order chi connectivity index (χ0) is 16.6. The van der Waals surface area contributed by atoms with Gasteiger partial charge in [0.25, 0.3) is 0 Å². The van der Waals surface area contributed by atoms with E-state index >= 15 is 0 Å². The van der Waals surface area contributed by atoms with Gasteiger partial charge in [-0.25, -0.2) is 0 Å². The van der Waals surface area contributed by atoms with Crippen molar-refractivity contribution >= 4 is 23.5 Å². The average molecular weight is 316 g/mol. The number of carbonyl (C=O) groups is 3. The van der Waals surface area contributed by atoms with Crippen molar-refractivity contribution in [3.8, 4) is 0 Å². The van der Waals surface area contributed by atoms with Crippen LogP contribution in [0, 0.1) is 5.92 Å². The monoisotopic (exact) mass is 316 g/mol. The predicted octanol–water partition coefficient (Wildman–Crippen LogP) is 1.46. The molecule has 0 bridgehead atoms. The quantitative estimate of drug-likeness (QED) is 0.892. The smallest absolute Gasteiger partial charge is 0.303 e. The lowest BCUT2D eigenvalue weighted by Gasteiger charge is -2.32. The minimum absolute atomic E-state index is 0.0225. The van der Waals surface area contributed by atoms with Crippen molar-refractivity contribution in [3.63, 3.8) is 0 Å². The summed E-state index contributed by atoms with van der Waals surface area (Å²) in [6, 6.07) is 7.41. The summed E-state index contributed by atoms with van der Waals surface area (Å²) in [6.45, 7) is 0.107. The lowest BCUT2D eigenvalue weighted by atomic mass is 9.90. The summed E-state index contributed by atoms with van der Waals surface area (Å²) < 4.78 is 0. The van der Waals surface area contributed by atoms with Crippen LogP contribution in [-0.2, 0) is 14.4 Å². The molecule has 6 heteroatoms. The highest BCUT2D eigenvalue weighted by atomic mass is 16.4. The Morgan fingerprint density at radius 1 is 1.26 bits per heavy atom. The van der Waals surface area contributed by atoms with Crippen molar-refractivity contribution in [3.05, 3.63) is 29.8 Å². The van der Waals surface area contributed by atoms with Crippen LogP contribution in [0.4, 0.5) is 5.69 Å². The van der Waals surface area contributed by atoms with Crippen LogP contribution < -0.4 is 4.90 Å². The zero-order valence-electron chi connectivity index (χ0n) is 13.1. The number of likely N-dealkylation sites (N-methyl/N-ethyl adjacent to an activating group) is 1. The number of hydrogen-bond acceptors (Lipinski definition) is 3. The van der Waals surface area contributed by atoms with E-state index in [9.17, 15) is 14.4 Å². The van der Waals surface area contributed by atoms with Gasteiger partial charge >= 0.3 is 5.97 Å². The van der Waals surface area contributed by atoms with Crippen LogP contribution in [0.1, 0.15) is 30.7 Å². The Morgan fingerprint density at radius 2 is 2.00 bits per heavy atom. The third-order valence-corrected chi connectivity index (χ3v) is 4.59. The first kappa shape index (κ1) is 15.5. The highest BCUT2D eigenvalue weighted by Gasteiger charge is 2.34. The fraction of sp³-hybridized carbons (Fsp3) is 0.471. The topological polar surface area (TPSA) is 77.9 Å². The fourth-order valence-electron chi connectivity index (χ4n) is 3.12. The summed E-state index contributed by atoms with van der Waals surface area (Å²) in [5, 5.41) is 9.13. The molecule has 0 spiro atoms. The van der Waals surface area contributed by atoms with E-state index < -0.39 is 5.97 Å². The highest BCUT2D eigenvalue weighted by molar-refractivity contribution is 6.04. The Balaban J connectivity index is 1.85. The van der Waals surface area contributed by atoms with E-state index in [1.165, 1.54) is 9.80 Å². The summed E-state index contributed by atoms with van der Waals surface area (Å²) in [4.78, 5) is 38.1. The molecule has 1 unspecified atom stereocenters. The second kappa shape index (κ2) is 6.02. The van der Waals surface area contributed by atoms with Gasteiger partial charge in [0.05, 0.1) is 13.0 Å². The van der Waals surface area contributed by atoms with Gasteiger partial charge in [0, 0.05) is 12.7 Å². The van der Waals surface area contributed by atoms with Gasteiger partial charge in [0.1, 0.15) is 6.54 Å². The number of benzene rings is 1. The number of carboxylic acids is 1. The fourth-order valence-corrected chi connectivity index (χ4v) is 3.12. The standard InChI is InChI=1S/C17H20N2O4/c1-18-9-16(21)19(10-15(18)20)13-4-2-3-12(7-13)14(8-17(22)23)11-5-6-11/h2-4,7,11,14H,5-6,8-10H2,1H3,(H,22,23). The largest absolute Gasteiger partial charge is 0.481 e. The van der Waals surface area contributed by atoms with Gasteiger partial charge in [0.15, 0.2) is 0 Å². The normalized spacial score (nSPS) is 19.9. The van der Waals surface area contributed by atoms with Crippen LogP contribution in [0.3, 0.4) is 0 Å². The van der Waals surface area contributed by atoms with Crippen LogP contribution in [0.15, 0.2) is 24.3 Å². The number of rotatable bonds is 5. The molecular formula is C17H20N2O4. The molecule has 1 heterocycles. The molecule has 0 radical (unpaired) electrons. The molecule has 2 fully saturated rings. The van der Waals surface area contributed by atoms with E-state index in [2.05, 4.69) is 0 Å². The summed E-state index contributed by atoms with van der Waals surface area (Å²) in [6.07, 6.45) is 2.20. The number of piperazine rings is 1. The van der Waals surface area contributed by atoms with E-state index in [4.69, 9.17) is 5.11 Å². The van der Waals surface area contributed by atoms with Gasteiger partial charge in [-0.05, 0) is 42.4 Å². The number of anilines is 1. The average Bonchev–Trinajstić information content (AvgIpc) is 3.33. The Kier molecular flexibility index (Phi) is 4.07. The molecule has 1 aromatic carbocycles. The third-order valence-electron chi connectivity index (χ3n) is 4.59. The number of carbonyl (C=O) groups excluding carboxylic acids is 2. The third kappa shape index (κ3) is 3.36. The number of aliphatic carboxylic acids is 1. The maximum absolute atomic E-state index is 12.2. The molecule has 1 saturated carbocycles. The van der Waals surface area contributed by atoms with Crippen molar-refractivity contribution in [2.75, 3.05) is 25.0 Å². The zero-order valence-corrected chi connectivity index (χ0v) is 13.1. The van der Waals surface area contributed by atoms with Gasteiger partial charge < -0.3 is 14.9 Å².